The van der Waals surface area contributed by atoms with Gasteiger partial charge in [-0.25, -0.2) is 4.98 Å². The Morgan fingerprint density at radius 2 is 1.69 bits per heavy atom. The Bertz CT molecular complexity index is 959. The number of nitrogens with zero attached hydrogens (tertiary/aromatic N) is 1. The molecular weight excluding hydrogens is 388 g/mol. The summed E-state index contributed by atoms with van der Waals surface area (Å²) in [5, 5.41) is 3.39. The lowest BCUT2D eigenvalue weighted by molar-refractivity contribution is -0.121. The van der Waals surface area contributed by atoms with Crippen LogP contribution in [0.5, 0.6) is 5.88 Å². The van der Waals surface area contributed by atoms with Crippen molar-refractivity contribution in [2.45, 2.75) is 26.0 Å². The van der Waals surface area contributed by atoms with Gasteiger partial charge in [-0.1, -0.05) is 41.9 Å². The fourth-order valence-corrected chi connectivity index (χ4v) is 2.79. The third-order valence-corrected chi connectivity index (χ3v) is 4.52. The number of aromatic nitrogens is 1. The molecule has 2 aromatic carbocycles. The Balaban J connectivity index is 1.43. The third kappa shape index (κ3) is 6.73. The number of nitrogens with one attached hydrogen (secondary N) is 1. The van der Waals surface area contributed by atoms with Crippen LogP contribution in [0.2, 0.25) is 5.02 Å². The van der Waals surface area contributed by atoms with E-state index >= 15 is 0 Å². The third-order valence-electron chi connectivity index (χ3n) is 4.26. The van der Waals surface area contributed by atoms with E-state index in [1.54, 1.807) is 36.5 Å². The number of hydrogen-bond donors (Lipinski definition) is 1. The maximum atomic E-state index is 12.1. The zero-order valence-electron chi connectivity index (χ0n) is 15.8. The van der Waals surface area contributed by atoms with Gasteiger partial charge in [0, 0.05) is 42.2 Å². The summed E-state index contributed by atoms with van der Waals surface area (Å²) >= 11 is 5.82. The summed E-state index contributed by atoms with van der Waals surface area (Å²) in [7, 11) is 0. The monoisotopic (exact) mass is 408 g/mol. The van der Waals surface area contributed by atoms with Crippen LogP contribution >= 0.6 is 11.6 Å². The van der Waals surface area contributed by atoms with Gasteiger partial charge in [0.2, 0.25) is 11.8 Å². The van der Waals surface area contributed by atoms with Gasteiger partial charge in [0.25, 0.3) is 0 Å². The lowest BCUT2D eigenvalue weighted by Crippen LogP contribution is -2.23. The summed E-state index contributed by atoms with van der Waals surface area (Å²) in [6.45, 7) is 0.772. The van der Waals surface area contributed by atoms with E-state index in [1.165, 1.54) is 0 Å². The van der Waals surface area contributed by atoms with E-state index in [0.717, 1.165) is 11.1 Å². The first kappa shape index (κ1) is 20.6. The van der Waals surface area contributed by atoms with E-state index in [1.807, 2.05) is 36.4 Å². The number of hydrogen-bond acceptors (Lipinski definition) is 4. The predicted molar refractivity (Wildman–Crippen MR) is 112 cm³/mol. The summed E-state index contributed by atoms with van der Waals surface area (Å²) in [5.41, 5.74) is 2.48. The van der Waals surface area contributed by atoms with E-state index < -0.39 is 0 Å². The second kappa shape index (κ2) is 10.4. The molecule has 1 N–H and O–H groups in total. The van der Waals surface area contributed by atoms with Crippen molar-refractivity contribution in [1.29, 1.82) is 0 Å². The first-order chi connectivity index (χ1) is 14.1. The molecule has 5 nitrogen and oxygen atoms in total. The van der Waals surface area contributed by atoms with Crippen molar-refractivity contribution in [2.24, 2.45) is 0 Å². The molecule has 0 radical (unpaired) electrons. The van der Waals surface area contributed by atoms with Crippen LogP contribution in [-0.2, 0) is 17.9 Å². The van der Waals surface area contributed by atoms with E-state index in [0.29, 0.717) is 29.6 Å². The fourth-order valence-electron chi connectivity index (χ4n) is 2.67. The van der Waals surface area contributed by atoms with Gasteiger partial charge in [0.1, 0.15) is 6.61 Å². The molecule has 0 bridgehead atoms. The standard InChI is InChI=1S/C23H21ClN2O3/c24-20-8-6-19(7-9-20)21(27)10-11-22(28)26-15-18-12-13-25-23(14-18)29-16-17-4-2-1-3-5-17/h1-9,12-14H,10-11,15-16H2,(H,26,28). The largest absolute Gasteiger partial charge is 0.473 e. The minimum absolute atomic E-state index is 0.0858. The molecule has 0 aliphatic heterocycles. The Morgan fingerprint density at radius 1 is 0.931 bits per heavy atom. The predicted octanol–water partition coefficient (Wildman–Crippen LogP) is 4.59. The van der Waals surface area contributed by atoms with Gasteiger partial charge in [-0.15, -0.1) is 0 Å². The van der Waals surface area contributed by atoms with Gasteiger partial charge in [0.05, 0.1) is 0 Å². The summed E-state index contributed by atoms with van der Waals surface area (Å²) in [5.74, 6) is 0.228. The van der Waals surface area contributed by atoms with Crippen LogP contribution in [0.4, 0.5) is 0 Å². The van der Waals surface area contributed by atoms with Crippen molar-refractivity contribution in [3.63, 3.8) is 0 Å². The maximum Gasteiger partial charge on any atom is 0.220 e. The number of carbonyl (C=O) groups excluding carboxylic acids is 2. The number of carbonyl (C=O) groups is 2. The van der Waals surface area contributed by atoms with Crippen LogP contribution in [0, 0.1) is 0 Å². The number of Topliss-reactive ketones (excluding diaryl/α,β-unsaturated/α-hetero) is 1. The molecule has 0 aliphatic rings. The van der Waals surface area contributed by atoms with Crippen molar-refractivity contribution in [1.82, 2.24) is 10.3 Å². The van der Waals surface area contributed by atoms with Gasteiger partial charge >= 0.3 is 0 Å². The number of rotatable bonds is 9. The van der Waals surface area contributed by atoms with Crippen molar-refractivity contribution < 1.29 is 14.3 Å². The highest BCUT2D eigenvalue weighted by Gasteiger charge is 2.09. The maximum absolute atomic E-state index is 12.1. The van der Waals surface area contributed by atoms with Crippen molar-refractivity contribution in [3.05, 3.63) is 94.6 Å². The van der Waals surface area contributed by atoms with Crippen molar-refractivity contribution >= 4 is 23.3 Å². The molecule has 3 aromatic rings. The smallest absolute Gasteiger partial charge is 0.220 e. The van der Waals surface area contributed by atoms with Crippen LogP contribution < -0.4 is 10.1 Å². The number of ether oxygens (including phenoxy) is 1. The molecule has 0 atom stereocenters. The molecule has 1 aromatic heterocycles. The van der Waals surface area contributed by atoms with Crippen molar-refractivity contribution in [2.75, 3.05) is 0 Å². The number of benzene rings is 2. The molecule has 0 aliphatic carbocycles. The first-order valence-electron chi connectivity index (χ1n) is 9.27. The number of amides is 1. The van der Waals surface area contributed by atoms with E-state index in [9.17, 15) is 9.59 Å². The SMILES string of the molecule is O=C(CCC(=O)c1ccc(Cl)cc1)NCc1ccnc(OCc2ccccc2)c1. The zero-order valence-corrected chi connectivity index (χ0v) is 16.6. The Morgan fingerprint density at radius 3 is 2.45 bits per heavy atom. The molecule has 0 fully saturated rings. The lowest BCUT2D eigenvalue weighted by atomic mass is 10.1. The van der Waals surface area contributed by atoms with Crippen LogP contribution in [-0.4, -0.2) is 16.7 Å². The molecule has 0 saturated heterocycles. The summed E-state index contributed by atoms with van der Waals surface area (Å²) in [6.07, 6.45) is 1.92. The Labute approximate surface area is 174 Å². The summed E-state index contributed by atoms with van der Waals surface area (Å²) in [6, 6.07) is 20.1. The average molecular weight is 409 g/mol. The summed E-state index contributed by atoms with van der Waals surface area (Å²) < 4.78 is 5.70. The number of pyridine rings is 1. The molecule has 1 heterocycles. The van der Waals surface area contributed by atoms with Gasteiger partial charge in [-0.2, -0.15) is 0 Å². The molecule has 0 saturated carbocycles. The normalized spacial score (nSPS) is 10.4. The minimum Gasteiger partial charge on any atom is -0.473 e. The number of halogens is 1. The van der Waals surface area contributed by atoms with Crippen LogP contribution in [0.25, 0.3) is 0 Å². The molecule has 29 heavy (non-hydrogen) atoms. The molecule has 0 spiro atoms. The highest BCUT2D eigenvalue weighted by atomic mass is 35.5. The second-order valence-corrected chi connectivity index (χ2v) is 6.92. The lowest BCUT2D eigenvalue weighted by Gasteiger charge is -2.08. The molecular formula is C23H21ClN2O3. The minimum atomic E-state index is -0.184. The van der Waals surface area contributed by atoms with E-state index in [-0.39, 0.29) is 24.5 Å². The van der Waals surface area contributed by atoms with Gasteiger partial charge in [0.15, 0.2) is 5.78 Å². The second-order valence-electron chi connectivity index (χ2n) is 6.48. The Kier molecular flexibility index (Phi) is 7.36. The molecule has 148 valence electrons. The quantitative estimate of drug-likeness (QED) is 0.525. The fraction of sp³-hybridized carbons (Fsp3) is 0.174. The highest BCUT2D eigenvalue weighted by molar-refractivity contribution is 6.30. The molecule has 0 unspecified atom stereocenters. The van der Waals surface area contributed by atoms with Gasteiger partial charge in [-0.05, 0) is 41.5 Å². The Hall–Kier alpha value is -3.18. The van der Waals surface area contributed by atoms with Gasteiger partial charge < -0.3 is 10.1 Å². The first-order valence-corrected chi connectivity index (χ1v) is 9.65. The molecule has 6 heteroatoms. The number of ketones is 1. The topological polar surface area (TPSA) is 68.3 Å². The van der Waals surface area contributed by atoms with E-state index in [4.69, 9.17) is 16.3 Å². The van der Waals surface area contributed by atoms with Crippen LogP contribution in [0.3, 0.4) is 0 Å². The zero-order chi connectivity index (χ0) is 20.5. The average Bonchev–Trinajstić information content (AvgIpc) is 2.76. The van der Waals surface area contributed by atoms with Crippen molar-refractivity contribution in [3.8, 4) is 5.88 Å². The van der Waals surface area contributed by atoms with E-state index in [2.05, 4.69) is 10.3 Å². The van der Waals surface area contributed by atoms with Crippen LogP contribution in [0.15, 0.2) is 72.9 Å². The summed E-state index contributed by atoms with van der Waals surface area (Å²) in [4.78, 5) is 28.4. The molecule has 3 rings (SSSR count). The van der Waals surface area contributed by atoms with Gasteiger partial charge in [-0.3, -0.25) is 9.59 Å². The molecule has 1 amide bonds. The highest BCUT2D eigenvalue weighted by Crippen LogP contribution is 2.13. The van der Waals surface area contributed by atoms with Crippen LogP contribution in [0.1, 0.15) is 34.3 Å².